The van der Waals surface area contributed by atoms with Crippen molar-refractivity contribution in [2.75, 3.05) is 13.1 Å². The number of piperidine rings is 1. The molecule has 4 atom stereocenters. The Morgan fingerprint density at radius 2 is 1.93 bits per heavy atom. The minimum atomic E-state index is -0.229. The quantitative estimate of drug-likeness (QED) is 0.726. The molecule has 0 aromatic rings. The summed E-state index contributed by atoms with van der Waals surface area (Å²) in [6.07, 6.45) is 5.66. The van der Waals surface area contributed by atoms with Gasteiger partial charge in [0.2, 0.25) is 0 Å². The zero-order valence-corrected chi connectivity index (χ0v) is 9.61. The van der Waals surface area contributed by atoms with Gasteiger partial charge in [0.15, 0.2) is 0 Å². The molecule has 0 spiro atoms. The first kappa shape index (κ1) is 11.4. The van der Waals surface area contributed by atoms with Crippen LogP contribution in [0.4, 0.5) is 0 Å². The van der Waals surface area contributed by atoms with Crippen LogP contribution in [0.3, 0.4) is 0 Å². The summed E-state index contributed by atoms with van der Waals surface area (Å²) in [6, 6.07) is 0. The van der Waals surface area contributed by atoms with E-state index in [4.69, 9.17) is 4.74 Å². The molecule has 1 saturated carbocycles. The zero-order chi connectivity index (χ0) is 10.7. The molecule has 1 saturated heterocycles. The first-order chi connectivity index (χ1) is 7.27. The minimum absolute atomic E-state index is 0.0890. The van der Waals surface area contributed by atoms with Gasteiger partial charge in [-0.15, -0.1) is 0 Å². The number of hydrogen-bond acceptors (Lipinski definition) is 3. The molecule has 1 heterocycles. The van der Waals surface area contributed by atoms with Crippen LogP contribution in [0, 0.1) is 5.92 Å². The molecule has 1 aliphatic carbocycles. The van der Waals surface area contributed by atoms with Crippen LogP contribution in [0.2, 0.25) is 0 Å². The monoisotopic (exact) mass is 213 g/mol. The number of aliphatic hydroxyl groups excluding tert-OH is 1. The second-order valence-electron chi connectivity index (χ2n) is 5.03. The third-order valence-corrected chi connectivity index (χ3v) is 3.77. The van der Waals surface area contributed by atoms with Crippen molar-refractivity contribution in [3.05, 3.63) is 0 Å². The summed E-state index contributed by atoms with van der Waals surface area (Å²) < 4.78 is 6.04. The van der Waals surface area contributed by atoms with Crippen LogP contribution in [-0.4, -0.2) is 36.5 Å². The summed E-state index contributed by atoms with van der Waals surface area (Å²) in [7, 11) is 0. The van der Waals surface area contributed by atoms with Gasteiger partial charge in [0.25, 0.3) is 0 Å². The van der Waals surface area contributed by atoms with Crippen LogP contribution >= 0.6 is 0 Å². The molecule has 3 heteroatoms. The fraction of sp³-hybridized carbons (Fsp3) is 1.00. The molecule has 2 N–H and O–H groups in total. The van der Waals surface area contributed by atoms with Gasteiger partial charge in [-0.1, -0.05) is 19.8 Å². The number of aliphatic hydroxyl groups is 1. The Balaban J connectivity index is 1.83. The highest BCUT2D eigenvalue weighted by Crippen LogP contribution is 2.25. The Hall–Kier alpha value is -0.120. The molecular formula is C12H23NO2. The highest BCUT2D eigenvalue weighted by atomic mass is 16.5. The van der Waals surface area contributed by atoms with E-state index in [1.165, 1.54) is 12.8 Å². The molecule has 2 aliphatic rings. The molecule has 3 nitrogen and oxygen atoms in total. The fourth-order valence-corrected chi connectivity index (χ4v) is 2.60. The molecule has 0 aromatic heterocycles. The van der Waals surface area contributed by atoms with E-state index in [1.807, 2.05) is 0 Å². The lowest BCUT2D eigenvalue weighted by Crippen LogP contribution is -2.45. The van der Waals surface area contributed by atoms with E-state index in [0.29, 0.717) is 12.0 Å². The van der Waals surface area contributed by atoms with E-state index in [2.05, 4.69) is 12.2 Å². The van der Waals surface area contributed by atoms with Gasteiger partial charge in [0.1, 0.15) is 0 Å². The van der Waals surface area contributed by atoms with Gasteiger partial charge >= 0.3 is 0 Å². The van der Waals surface area contributed by atoms with Gasteiger partial charge < -0.3 is 15.2 Å². The van der Waals surface area contributed by atoms with Crippen molar-refractivity contribution in [3.8, 4) is 0 Å². The molecular weight excluding hydrogens is 190 g/mol. The Bertz CT molecular complexity index is 178. The summed E-state index contributed by atoms with van der Waals surface area (Å²) in [5.41, 5.74) is 0. The topological polar surface area (TPSA) is 41.5 Å². The second-order valence-corrected chi connectivity index (χ2v) is 5.03. The average molecular weight is 213 g/mol. The molecule has 2 fully saturated rings. The maximum atomic E-state index is 9.84. The smallest absolute Gasteiger partial charge is 0.0838 e. The summed E-state index contributed by atoms with van der Waals surface area (Å²) >= 11 is 0. The van der Waals surface area contributed by atoms with E-state index in [-0.39, 0.29) is 12.2 Å². The van der Waals surface area contributed by atoms with Crippen LogP contribution in [0.25, 0.3) is 0 Å². The summed E-state index contributed by atoms with van der Waals surface area (Å²) in [5, 5.41) is 13.2. The first-order valence-electron chi connectivity index (χ1n) is 6.31. The summed E-state index contributed by atoms with van der Waals surface area (Å²) in [4.78, 5) is 0. The Morgan fingerprint density at radius 3 is 2.67 bits per heavy atom. The Kier molecular flexibility index (Phi) is 4.00. The first-order valence-corrected chi connectivity index (χ1v) is 6.31. The number of nitrogens with one attached hydrogen (secondary N) is 1. The minimum Gasteiger partial charge on any atom is -0.390 e. The lowest BCUT2D eigenvalue weighted by atomic mass is 9.93. The lowest BCUT2D eigenvalue weighted by molar-refractivity contribution is -0.113. The van der Waals surface area contributed by atoms with Crippen molar-refractivity contribution in [2.45, 2.75) is 57.3 Å². The largest absolute Gasteiger partial charge is 0.390 e. The highest BCUT2D eigenvalue weighted by molar-refractivity contribution is 4.81. The van der Waals surface area contributed by atoms with E-state index in [1.54, 1.807) is 0 Å². The van der Waals surface area contributed by atoms with Crippen LogP contribution in [0.15, 0.2) is 0 Å². The number of hydrogen-bond donors (Lipinski definition) is 2. The van der Waals surface area contributed by atoms with Gasteiger partial charge in [-0.3, -0.25) is 0 Å². The maximum absolute atomic E-state index is 9.84. The third-order valence-electron chi connectivity index (χ3n) is 3.77. The lowest BCUT2D eigenvalue weighted by Gasteiger charge is -2.36. The Labute approximate surface area is 92.2 Å². The maximum Gasteiger partial charge on any atom is 0.0838 e. The van der Waals surface area contributed by atoms with Crippen LogP contribution in [-0.2, 0) is 4.74 Å². The average Bonchev–Trinajstić information content (AvgIpc) is 2.24. The molecule has 0 aromatic carbocycles. The number of ether oxygens (including phenoxy) is 1. The fourth-order valence-electron chi connectivity index (χ4n) is 2.60. The molecule has 0 bridgehead atoms. The molecule has 88 valence electrons. The Morgan fingerprint density at radius 1 is 1.13 bits per heavy atom. The van der Waals surface area contributed by atoms with E-state index >= 15 is 0 Å². The van der Waals surface area contributed by atoms with Crippen LogP contribution in [0.5, 0.6) is 0 Å². The second kappa shape index (κ2) is 5.28. The molecule has 0 amide bonds. The van der Waals surface area contributed by atoms with Crippen LogP contribution < -0.4 is 5.32 Å². The normalized spacial score (nSPS) is 42.8. The molecule has 15 heavy (non-hydrogen) atoms. The highest BCUT2D eigenvalue weighted by Gasteiger charge is 2.29. The van der Waals surface area contributed by atoms with Gasteiger partial charge in [-0.2, -0.15) is 0 Å². The molecule has 1 aliphatic heterocycles. The van der Waals surface area contributed by atoms with Gasteiger partial charge in [0, 0.05) is 6.54 Å². The summed E-state index contributed by atoms with van der Waals surface area (Å²) in [5.74, 6) is 0.625. The van der Waals surface area contributed by atoms with Crippen LogP contribution in [0.1, 0.15) is 39.0 Å². The van der Waals surface area contributed by atoms with Crippen molar-refractivity contribution in [2.24, 2.45) is 5.92 Å². The predicted molar refractivity (Wildman–Crippen MR) is 59.8 cm³/mol. The number of rotatable bonds is 2. The molecule has 4 unspecified atom stereocenters. The standard InChI is InChI=1S/C12H23NO2/c1-9-6-7-13-8-12(9)15-11-5-3-2-4-10(11)14/h9-14H,2-8H2,1H3. The van der Waals surface area contributed by atoms with Crippen molar-refractivity contribution in [1.29, 1.82) is 0 Å². The van der Waals surface area contributed by atoms with Gasteiger partial charge in [-0.25, -0.2) is 0 Å². The SMILES string of the molecule is CC1CCNCC1OC1CCCCC1O. The van der Waals surface area contributed by atoms with E-state index < -0.39 is 0 Å². The zero-order valence-electron chi connectivity index (χ0n) is 9.61. The van der Waals surface area contributed by atoms with Gasteiger partial charge in [0.05, 0.1) is 18.3 Å². The van der Waals surface area contributed by atoms with E-state index in [9.17, 15) is 5.11 Å². The summed E-state index contributed by atoms with van der Waals surface area (Å²) in [6.45, 7) is 4.30. The van der Waals surface area contributed by atoms with Crippen molar-refractivity contribution in [3.63, 3.8) is 0 Å². The van der Waals surface area contributed by atoms with Gasteiger partial charge in [-0.05, 0) is 31.7 Å². The van der Waals surface area contributed by atoms with Crippen molar-refractivity contribution >= 4 is 0 Å². The predicted octanol–water partition coefficient (Wildman–Crippen LogP) is 1.30. The van der Waals surface area contributed by atoms with E-state index in [0.717, 1.165) is 32.4 Å². The van der Waals surface area contributed by atoms with Crippen molar-refractivity contribution < 1.29 is 9.84 Å². The molecule has 2 rings (SSSR count). The van der Waals surface area contributed by atoms with Crippen molar-refractivity contribution in [1.82, 2.24) is 5.32 Å². The molecule has 0 radical (unpaired) electrons. The third kappa shape index (κ3) is 2.92.